The zero-order chi connectivity index (χ0) is 12.5. The summed E-state index contributed by atoms with van der Waals surface area (Å²) in [6, 6.07) is 0. The molecule has 0 saturated heterocycles. The van der Waals surface area contributed by atoms with Crippen LogP contribution in [0.1, 0.15) is 29.8 Å². The number of carboxylic acid groups (broad SMARTS) is 1. The maximum Gasteiger partial charge on any atom is 0.358 e. The van der Waals surface area contributed by atoms with Crippen molar-refractivity contribution in [2.24, 2.45) is 0 Å². The highest BCUT2D eigenvalue weighted by atomic mass is 16.4. The van der Waals surface area contributed by atoms with Crippen LogP contribution in [0.3, 0.4) is 0 Å². The second-order valence-corrected chi connectivity index (χ2v) is 3.71. The molecular formula is C10H18N4O3. The first kappa shape index (κ1) is 13.6. The monoisotopic (exact) mass is 242 g/mol. The lowest BCUT2D eigenvalue weighted by molar-refractivity contribution is 0.0690. The van der Waals surface area contributed by atoms with Gasteiger partial charge in [0, 0.05) is 13.2 Å². The van der Waals surface area contributed by atoms with Crippen molar-refractivity contribution in [1.82, 2.24) is 20.3 Å². The summed E-state index contributed by atoms with van der Waals surface area (Å²) in [4.78, 5) is 10.5. The summed E-state index contributed by atoms with van der Waals surface area (Å²) in [7, 11) is 0. The summed E-state index contributed by atoms with van der Waals surface area (Å²) in [5.74, 6) is -1.06. The van der Waals surface area contributed by atoms with E-state index in [2.05, 4.69) is 15.6 Å². The maximum atomic E-state index is 10.5. The Kier molecular flexibility index (Phi) is 6.19. The molecule has 7 heteroatoms. The quantitative estimate of drug-likeness (QED) is 0.515. The number of aliphatic hydroxyl groups is 1. The first-order valence-electron chi connectivity index (χ1n) is 5.69. The van der Waals surface area contributed by atoms with Gasteiger partial charge < -0.3 is 15.5 Å². The Morgan fingerprint density at radius 3 is 2.82 bits per heavy atom. The number of hydrogen-bond acceptors (Lipinski definition) is 5. The number of rotatable bonds is 9. The highest BCUT2D eigenvalue weighted by molar-refractivity contribution is 5.84. The van der Waals surface area contributed by atoms with Crippen molar-refractivity contribution in [2.45, 2.75) is 25.8 Å². The zero-order valence-corrected chi connectivity index (χ0v) is 9.67. The van der Waals surface area contributed by atoms with Crippen molar-refractivity contribution in [1.29, 1.82) is 0 Å². The van der Waals surface area contributed by atoms with Gasteiger partial charge in [-0.05, 0) is 25.8 Å². The lowest BCUT2D eigenvalue weighted by Gasteiger charge is -2.03. The molecule has 1 aromatic heterocycles. The number of carboxylic acids is 1. The molecule has 0 aliphatic carbocycles. The Bertz CT molecular complexity index is 340. The third kappa shape index (κ3) is 5.41. The summed E-state index contributed by atoms with van der Waals surface area (Å²) in [5, 5.41) is 27.6. The van der Waals surface area contributed by atoms with Crippen molar-refractivity contribution in [3.05, 3.63) is 11.9 Å². The van der Waals surface area contributed by atoms with Gasteiger partial charge in [-0.2, -0.15) is 0 Å². The highest BCUT2D eigenvalue weighted by Crippen LogP contribution is 1.93. The predicted molar refractivity (Wildman–Crippen MR) is 60.8 cm³/mol. The van der Waals surface area contributed by atoms with Crippen molar-refractivity contribution < 1.29 is 15.0 Å². The van der Waals surface area contributed by atoms with E-state index in [9.17, 15) is 4.79 Å². The Morgan fingerprint density at radius 1 is 1.35 bits per heavy atom. The molecule has 17 heavy (non-hydrogen) atoms. The molecule has 7 nitrogen and oxygen atoms in total. The second-order valence-electron chi connectivity index (χ2n) is 3.71. The minimum Gasteiger partial charge on any atom is -0.476 e. The SMILES string of the molecule is O=C(O)c1cn(CCNCCCCCO)nn1. The first-order valence-corrected chi connectivity index (χ1v) is 5.69. The predicted octanol–water partition coefficient (Wildman–Crippen LogP) is -0.272. The maximum absolute atomic E-state index is 10.5. The summed E-state index contributed by atoms with van der Waals surface area (Å²) < 4.78 is 1.50. The van der Waals surface area contributed by atoms with E-state index in [0.29, 0.717) is 6.54 Å². The largest absolute Gasteiger partial charge is 0.476 e. The Morgan fingerprint density at radius 2 is 2.18 bits per heavy atom. The molecule has 0 atom stereocenters. The number of unbranched alkanes of at least 4 members (excludes halogenated alkanes) is 2. The minimum absolute atomic E-state index is 0.0343. The van der Waals surface area contributed by atoms with Gasteiger partial charge >= 0.3 is 5.97 Å². The van der Waals surface area contributed by atoms with Gasteiger partial charge in [-0.25, -0.2) is 4.79 Å². The van der Waals surface area contributed by atoms with Crippen molar-refractivity contribution >= 4 is 5.97 Å². The van der Waals surface area contributed by atoms with E-state index in [4.69, 9.17) is 10.2 Å². The van der Waals surface area contributed by atoms with Crippen LogP contribution in [0.5, 0.6) is 0 Å². The van der Waals surface area contributed by atoms with E-state index < -0.39 is 5.97 Å². The van der Waals surface area contributed by atoms with Crippen LogP contribution in [-0.2, 0) is 6.54 Å². The van der Waals surface area contributed by atoms with E-state index in [0.717, 1.165) is 32.4 Å². The Labute approximate surface area is 99.4 Å². The van der Waals surface area contributed by atoms with Gasteiger partial charge in [0.1, 0.15) is 0 Å². The van der Waals surface area contributed by atoms with Crippen LogP contribution in [-0.4, -0.2) is 50.9 Å². The van der Waals surface area contributed by atoms with Gasteiger partial charge in [-0.1, -0.05) is 5.21 Å². The van der Waals surface area contributed by atoms with Crippen LogP contribution in [0.25, 0.3) is 0 Å². The molecule has 96 valence electrons. The van der Waals surface area contributed by atoms with Crippen molar-refractivity contribution in [3.8, 4) is 0 Å². The number of aromatic nitrogens is 3. The molecule has 0 bridgehead atoms. The molecule has 0 saturated carbocycles. The number of hydrogen-bond donors (Lipinski definition) is 3. The molecular weight excluding hydrogens is 224 g/mol. The molecule has 3 N–H and O–H groups in total. The molecule has 0 spiro atoms. The summed E-state index contributed by atoms with van der Waals surface area (Å²) in [6.07, 6.45) is 4.29. The van der Waals surface area contributed by atoms with Crippen LogP contribution < -0.4 is 5.32 Å². The van der Waals surface area contributed by atoms with Crippen LogP contribution in [0.2, 0.25) is 0 Å². The topological polar surface area (TPSA) is 100 Å². The molecule has 0 aliphatic heterocycles. The molecule has 0 amide bonds. The van der Waals surface area contributed by atoms with E-state index in [1.165, 1.54) is 10.9 Å². The van der Waals surface area contributed by atoms with Gasteiger partial charge in [0.05, 0.1) is 12.7 Å². The Balaban J connectivity index is 2.07. The molecule has 0 fully saturated rings. The zero-order valence-electron chi connectivity index (χ0n) is 9.67. The molecule has 0 aromatic carbocycles. The van der Waals surface area contributed by atoms with Crippen LogP contribution >= 0.6 is 0 Å². The minimum atomic E-state index is -1.06. The molecule has 0 unspecified atom stereocenters. The van der Waals surface area contributed by atoms with Crippen LogP contribution in [0, 0.1) is 0 Å². The fourth-order valence-electron chi connectivity index (χ4n) is 1.36. The van der Waals surface area contributed by atoms with E-state index in [1.54, 1.807) is 0 Å². The van der Waals surface area contributed by atoms with E-state index >= 15 is 0 Å². The number of carbonyl (C=O) groups is 1. The normalized spacial score (nSPS) is 10.6. The molecule has 1 heterocycles. The van der Waals surface area contributed by atoms with Crippen LogP contribution in [0.15, 0.2) is 6.20 Å². The smallest absolute Gasteiger partial charge is 0.358 e. The third-order valence-corrected chi connectivity index (χ3v) is 2.29. The van der Waals surface area contributed by atoms with Gasteiger partial charge in [0.25, 0.3) is 0 Å². The van der Waals surface area contributed by atoms with E-state index in [1.807, 2.05) is 0 Å². The van der Waals surface area contributed by atoms with Gasteiger partial charge in [-0.3, -0.25) is 4.68 Å². The fraction of sp³-hybridized carbons (Fsp3) is 0.700. The van der Waals surface area contributed by atoms with Crippen LogP contribution in [0.4, 0.5) is 0 Å². The fourth-order valence-corrected chi connectivity index (χ4v) is 1.36. The molecule has 0 radical (unpaired) electrons. The second kappa shape index (κ2) is 7.75. The lowest BCUT2D eigenvalue weighted by Crippen LogP contribution is -2.21. The average molecular weight is 242 g/mol. The van der Waals surface area contributed by atoms with Gasteiger partial charge in [0.15, 0.2) is 5.69 Å². The molecule has 1 aromatic rings. The van der Waals surface area contributed by atoms with Crippen molar-refractivity contribution in [3.63, 3.8) is 0 Å². The molecule has 1 rings (SSSR count). The number of aromatic carboxylic acids is 1. The molecule has 0 aliphatic rings. The van der Waals surface area contributed by atoms with Gasteiger partial charge in [0.2, 0.25) is 0 Å². The first-order chi connectivity index (χ1) is 8.24. The number of aliphatic hydroxyl groups excluding tert-OH is 1. The van der Waals surface area contributed by atoms with Gasteiger partial charge in [-0.15, -0.1) is 5.10 Å². The third-order valence-electron chi connectivity index (χ3n) is 2.29. The average Bonchev–Trinajstić information content (AvgIpc) is 2.77. The highest BCUT2D eigenvalue weighted by Gasteiger charge is 2.07. The van der Waals surface area contributed by atoms with Crippen molar-refractivity contribution in [2.75, 3.05) is 19.7 Å². The number of nitrogens with zero attached hydrogens (tertiary/aromatic N) is 3. The van der Waals surface area contributed by atoms with E-state index in [-0.39, 0.29) is 12.3 Å². The number of nitrogens with one attached hydrogen (secondary N) is 1. The summed E-state index contributed by atoms with van der Waals surface area (Å²) in [6.45, 7) is 2.46. The summed E-state index contributed by atoms with van der Waals surface area (Å²) in [5.41, 5.74) is -0.0343. The Hall–Kier alpha value is -1.47. The standard InChI is InChI=1S/C10H18N4O3/c15-7-3-1-2-4-11-5-6-14-8-9(10(16)17)12-13-14/h8,11,15H,1-7H2,(H,16,17). The lowest BCUT2D eigenvalue weighted by atomic mass is 10.2. The summed E-state index contributed by atoms with van der Waals surface area (Å²) >= 11 is 0.